The number of aryl methyl sites for hydroxylation is 2. The van der Waals surface area contributed by atoms with E-state index in [1.54, 1.807) is 28.0 Å². The van der Waals surface area contributed by atoms with E-state index in [0.29, 0.717) is 160 Å². The molecule has 0 bridgehead atoms. The van der Waals surface area contributed by atoms with Crippen LogP contribution in [0.25, 0.3) is 10.9 Å². The van der Waals surface area contributed by atoms with Gasteiger partial charge in [0.2, 0.25) is 35.4 Å². The van der Waals surface area contributed by atoms with E-state index >= 15 is 0 Å². The molecule has 29 heteroatoms. The van der Waals surface area contributed by atoms with Crippen LogP contribution < -0.4 is 20.7 Å². The molecule has 4 N–H and O–H groups in total. The summed E-state index contributed by atoms with van der Waals surface area (Å²) >= 11 is 1.24. The number of halogens is 2. The van der Waals surface area contributed by atoms with Gasteiger partial charge in [0.05, 0.1) is 55.2 Å². The summed E-state index contributed by atoms with van der Waals surface area (Å²) in [7, 11) is 0. The Hall–Kier alpha value is -7.88. The molecular weight excluding hydrogens is 1240 g/mol. The van der Waals surface area contributed by atoms with E-state index in [1.165, 1.54) is 35.2 Å². The number of imide groups is 1. The van der Waals surface area contributed by atoms with Crippen molar-refractivity contribution in [1.82, 2.24) is 60.1 Å². The van der Waals surface area contributed by atoms with Crippen molar-refractivity contribution in [3.8, 4) is 18.1 Å². The van der Waals surface area contributed by atoms with Crippen LogP contribution >= 0.6 is 11.8 Å². The van der Waals surface area contributed by atoms with Gasteiger partial charge in [-0.1, -0.05) is 35.7 Å². The number of likely N-dealkylation sites (tertiary alicyclic amines) is 2. The number of nitrogens with zero attached hydrogens (tertiary/aromatic N) is 9. The van der Waals surface area contributed by atoms with Gasteiger partial charge in [0.1, 0.15) is 25.8 Å². The quantitative estimate of drug-likeness (QED) is 0.0286. The van der Waals surface area contributed by atoms with Gasteiger partial charge in [-0.05, 0) is 88.2 Å². The Morgan fingerprint density at radius 3 is 2.10 bits per heavy atom. The molecule has 0 spiro atoms. The average molecular weight is 1330 g/mol. The first-order valence-corrected chi connectivity index (χ1v) is 33.1. The Kier molecular flexibility index (Phi) is 29.6. The molecule has 2 aromatic carbocycles. The van der Waals surface area contributed by atoms with Gasteiger partial charge >= 0.3 is 5.97 Å². The number of piperazine rings is 1. The molecule has 1 aromatic heterocycles. The molecule has 4 aliphatic heterocycles. The second kappa shape index (κ2) is 37.9. The fourth-order valence-electron chi connectivity index (χ4n) is 11.6. The number of pyridine rings is 1. The number of aromatic nitrogens is 1. The Balaban J connectivity index is 0.864. The van der Waals surface area contributed by atoms with Crippen molar-refractivity contribution in [2.45, 2.75) is 94.4 Å². The van der Waals surface area contributed by atoms with Gasteiger partial charge in [0.15, 0.2) is 0 Å². The third-order valence-electron chi connectivity index (χ3n) is 17.0. The van der Waals surface area contributed by atoms with Gasteiger partial charge in [-0.25, -0.2) is 8.78 Å². The Morgan fingerprint density at radius 1 is 0.777 bits per heavy atom. The molecule has 5 heterocycles. The smallest absolute Gasteiger partial charge is 0.317 e. The number of alkyl halides is 2. The summed E-state index contributed by atoms with van der Waals surface area (Å²) in [5.41, 5.74) is 3.07. The van der Waals surface area contributed by atoms with Crippen LogP contribution in [-0.2, 0) is 59.0 Å². The molecule has 3 aromatic rings. The third kappa shape index (κ3) is 24.2. The van der Waals surface area contributed by atoms with Crippen molar-refractivity contribution in [2.24, 2.45) is 0 Å². The zero-order chi connectivity index (χ0) is 67.4. The topological polar surface area (TPSA) is 294 Å². The van der Waals surface area contributed by atoms with Crippen molar-refractivity contribution in [3.63, 3.8) is 0 Å². The minimum absolute atomic E-state index is 0.0105. The highest BCUT2D eigenvalue weighted by Gasteiger charge is 2.46. The summed E-state index contributed by atoms with van der Waals surface area (Å²) < 4.78 is 44.1. The number of carbonyl (C=O) groups excluding carboxylic acids is 9. The maximum Gasteiger partial charge on any atom is 0.317 e. The SMILES string of the molecule is C#C[C@H]1CC(F)(F)CN1C(=O)CNC(=O)c1ccnc2ccc(OCCCCN3CCN(C(=O)CN4C(=O)CC(SCC(CCCCNC(=O)CCCc5ccc(C)cc5)NC(=O)CN5CCN(COC=O)CCN(COC=O)CCN(CC(=O)O)CC5)C4=O)CC3)cc12. The van der Waals surface area contributed by atoms with Crippen molar-refractivity contribution in [1.29, 1.82) is 0 Å². The van der Waals surface area contributed by atoms with Crippen LogP contribution in [0.1, 0.15) is 79.3 Å². The lowest BCUT2D eigenvalue weighted by Gasteiger charge is -2.35. The number of nitrogens with one attached hydrogen (secondary N) is 3. The zero-order valence-electron chi connectivity index (χ0n) is 53.4. The molecule has 94 heavy (non-hydrogen) atoms. The van der Waals surface area contributed by atoms with Gasteiger partial charge in [0, 0.05) is 128 Å². The van der Waals surface area contributed by atoms with Crippen molar-refractivity contribution >= 4 is 82.9 Å². The normalized spacial score (nSPS) is 19.1. The van der Waals surface area contributed by atoms with Gasteiger partial charge < -0.3 is 45.1 Å². The van der Waals surface area contributed by atoms with Gasteiger partial charge in [-0.2, -0.15) is 0 Å². The highest BCUT2D eigenvalue weighted by molar-refractivity contribution is 8.00. The Labute approximate surface area is 551 Å². The summed E-state index contributed by atoms with van der Waals surface area (Å²) in [6.07, 6.45) is 11.1. The van der Waals surface area contributed by atoms with Crippen LogP contribution in [0.3, 0.4) is 0 Å². The standard InChI is InChI=1S/C65H88F2N12O14S/c1-3-51-37-65(66,67)43-79(51)60(85)38-70-63(89)53-18-20-68-55-17-16-52(35-54(53)55)93-34-7-6-21-72-30-32-77(33-31-72)61(86)40-78-59(84)36-56(64(78)90)94-42-50(10-4-5-19-69-57(82)11-8-9-49-14-12-48(2)13-15-49)71-58(83)39-73-22-23-74(41-62(87)88)25-27-76(45-92-47-81)29-28-75(26-24-73)44-91-46-80/h1,12-18,20,35,46-47,50-51,56H,4-11,19,21-34,36-45H2,2H3,(H,69,82)(H,70,89)(H,71,83)(H,87,88)/t50?,51-,56?/m0/s1. The van der Waals surface area contributed by atoms with Crippen LogP contribution in [0.2, 0.25) is 0 Å². The van der Waals surface area contributed by atoms with Crippen LogP contribution in [-0.4, -0.2) is 283 Å². The molecule has 26 nitrogen and oxygen atoms in total. The monoisotopic (exact) mass is 1330 g/mol. The van der Waals surface area contributed by atoms with Gasteiger partial charge in [-0.3, -0.25) is 82.3 Å². The highest BCUT2D eigenvalue weighted by Crippen LogP contribution is 2.32. The second-order valence-electron chi connectivity index (χ2n) is 24.0. The van der Waals surface area contributed by atoms with Crippen LogP contribution in [0.15, 0.2) is 54.7 Å². The fraction of sp³-hybridized carbons (Fsp3) is 0.585. The van der Waals surface area contributed by atoms with Crippen LogP contribution in [0.4, 0.5) is 8.78 Å². The van der Waals surface area contributed by atoms with E-state index in [9.17, 15) is 61.8 Å². The minimum Gasteiger partial charge on any atom is -0.494 e. The number of aliphatic carboxylic acids is 1. The number of fused-ring (bicyclic) bond motifs is 1. The first-order valence-electron chi connectivity index (χ1n) is 32.0. The number of benzene rings is 2. The maximum atomic E-state index is 14.1. The molecule has 7 amide bonds. The highest BCUT2D eigenvalue weighted by atomic mass is 32.2. The number of ether oxygens (including phenoxy) is 3. The molecule has 4 aliphatic rings. The van der Waals surface area contributed by atoms with E-state index in [0.717, 1.165) is 29.2 Å². The largest absolute Gasteiger partial charge is 0.494 e. The molecule has 0 radical (unpaired) electrons. The molecule has 0 saturated carbocycles. The molecule has 3 atom stereocenters. The van der Waals surface area contributed by atoms with Crippen molar-refractivity contribution < 1.29 is 76.0 Å². The average Bonchev–Trinajstić information content (AvgIpc) is 1.14. The number of carbonyl (C=O) groups is 10. The number of terminal acetylenes is 1. The van der Waals surface area contributed by atoms with E-state index in [4.69, 9.17) is 20.6 Å². The lowest BCUT2D eigenvalue weighted by Crippen LogP contribution is -2.52. The number of hydrogen-bond acceptors (Lipinski definition) is 20. The number of rotatable bonds is 34. The molecule has 4 fully saturated rings. The lowest BCUT2D eigenvalue weighted by molar-refractivity contribution is -0.146. The second-order valence-corrected chi connectivity index (χ2v) is 25.3. The summed E-state index contributed by atoms with van der Waals surface area (Å²) in [4.78, 5) is 146. The van der Waals surface area contributed by atoms with Gasteiger partial charge in [-0.15, -0.1) is 18.2 Å². The maximum absolute atomic E-state index is 14.1. The molecule has 4 saturated heterocycles. The summed E-state index contributed by atoms with van der Waals surface area (Å²) in [6, 6.07) is 13.3. The number of thioether (sulfide) groups is 1. The zero-order valence-corrected chi connectivity index (χ0v) is 54.3. The summed E-state index contributed by atoms with van der Waals surface area (Å²) in [5.74, 6) is -4.10. The van der Waals surface area contributed by atoms with E-state index in [1.807, 2.05) is 33.8 Å². The van der Waals surface area contributed by atoms with Crippen LogP contribution in [0.5, 0.6) is 5.75 Å². The first-order chi connectivity index (χ1) is 45.3. The molecule has 2 unspecified atom stereocenters. The van der Waals surface area contributed by atoms with Crippen molar-refractivity contribution in [3.05, 3.63) is 71.4 Å². The number of amides is 7. The predicted octanol–water partition coefficient (Wildman–Crippen LogP) is 1.67. The van der Waals surface area contributed by atoms with E-state index < -0.39 is 72.4 Å². The van der Waals surface area contributed by atoms with E-state index in [-0.39, 0.29) is 68.6 Å². The molecule has 512 valence electrons. The van der Waals surface area contributed by atoms with Gasteiger partial charge in [0.25, 0.3) is 24.8 Å². The predicted molar refractivity (Wildman–Crippen MR) is 344 cm³/mol. The minimum atomic E-state index is -3.11. The summed E-state index contributed by atoms with van der Waals surface area (Å²) in [6.45, 7) is 6.96. The Morgan fingerprint density at radius 2 is 1.44 bits per heavy atom. The molecular formula is C65H88F2N12O14S. The number of hydrogen-bond donors (Lipinski definition) is 4. The molecule has 7 rings (SSSR count). The van der Waals surface area contributed by atoms with E-state index in [2.05, 4.69) is 43.9 Å². The Bertz CT molecular complexity index is 3100. The third-order valence-corrected chi connectivity index (χ3v) is 18.3. The molecule has 0 aliphatic carbocycles. The fourth-order valence-corrected chi connectivity index (χ4v) is 12.8. The number of carboxylic acids is 1. The number of carboxylic acid groups (broad SMARTS) is 1. The van der Waals surface area contributed by atoms with Crippen LogP contribution in [0, 0.1) is 19.3 Å². The lowest BCUT2D eigenvalue weighted by atomic mass is 10.1. The summed E-state index contributed by atoms with van der Waals surface area (Å²) in [5, 5.41) is 18.1. The number of unbranched alkanes of at least 4 members (excludes halogenated alkanes) is 2. The van der Waals surface area contributed by atoms with Crippen molar-refractivity contribution in [2.75, 3.05) is 150 Å². The first kappa shape index (κ1) is 73.5.